The van der Waals surface area contributed by atoms with Crippen molar-refractivity contribution in [1.29, 1.82) is 0 Å². The molecule has 1 heterocycles. The molecule has 0 atom stereocenters. The number of nitrogens with one attached hydrogen (secondary N) is 1. The van der Waals surface area contributed by atoms with Crippen molar-refractivity contribution in [3.63, 3.8) is 0 Å². The van der Waals surface area contributed by atoms with Gasteiger partial charge in [0.15, 0.2) is 0 Å². The average Bonchev–Trinajstić information content (AvgIpc) is 2.79. The van der Waals surface area contributed by atoms with E-state index in [2.05, 4.69) is 4.72 Å². The Morgan fingerprint density at radius 3 is 2.23 bits per heavy atom. The number of rotatable bonds is 8. The lowest BCUT2D eigenvalue weighted by Crippen LogP contribution is -2.36. The molecule has 13 heteroatoms. The number of halogens is 3. The van der Waals surface area contributed by atoms with E-state index in [1.54, 1.807) is 6.07 Å². The van der Waals surface area contributed by atoms with Crippen molar-refractivity contribution in [2.24, 2.45) is 5.92 Å². The van der Waals surface area contributed by atoms with Gasteiger partial charge < -0.3 is 4.84 Å². The normalized spacial score (nSPS) is 16.2. The Balaban J connectivity index is 1.78. The molecule has 0 spiro atoms. The van der Waals surface area contributed by atoms with Crippen LogP contribution in [0.5, 0.6) is 0 Å². The van der Waals surface area contributed by atoms with E-state index >= 15 is 0 Å². The Hall–Kier alpha value is -2.48. The number of hydrogen-bond acceptors (Lipinski definition) is 7. The molecule has 0 amide bonds. The van der Waals surface area contributed by atoms with Gasteiger partial charge in [0.25, 0.3) is 0 Å². The second-order valence-electron chi connectivity index (χ2n) is 8.11. The van der Waals surface area contributed by atoms with Gasteiger partial charge in [0.05, 0.1) is 20.2 Å². The molecule has 2 aromatic carbocycles. The summed E-state index contributed by atoms with van der Waals surface area (Å²) >= 11 is 0. The molecule has 0 radical (unpaired) electrons. The summed E-state index contributed by atoms with van der Waals surface area (Å²) < 4.78 is 94.4. The average molecular weight is 535 g/mol. The molecule has 1 N–H and O–H groups in total. The van der Waals surface area contributed by atoms with Crippen molar-refractivity contribution in [2.75, 3.05) is 19.6 Å². The van der Waals surface area contributed by atoms with Gasteiger partial charge in [0, 0.05) is 26.6 Å². The Bertz CT molecular complexity index is 1260. The molecule has 1 aliphatic heterocycles. The second kappa shape index (κ2) is 10.6. The van der Waals surface area contributed by atoms with Crippen molar-refractivity contribution < 1.29 is 39.6 Å². The Kier molecular flexibility index (Phi) is 8.25. The lowest BCUT2D eigenvalue weighted by atomic mass is 9.95. The van der Waals surface area contributed by atoms with Crippen LogP contribution in [0.4, 0.5) is 13.2 Å². The summed E-state index contributed by atoms with van der Waals surface area (Å²) in [7, 11) is -8.92. The van der Waals surface area contributed by atoms with Crippen LogP contribution in [0.15, 0.2) is 63.2 Å². The van der Waals surface area contributed by atoms with Crippen LogP contribution in [0.25, 0.3) is 0 Å². The van der Waals surface area contributed by atoms with Crippen molar-refractivity contribution in [3.05, 3.63) is 54.1 Å². The van der Waals surface area contributed by atoms with Crippen LogP contribution >= 0.6 is 0 Å². The van der Waals surface area contributed by atoms with Crippen molar-refractivity contribution in [2.45, 2.75) is 47.0 Å². The lowest BCUT2D eigenvalue weighted by Gasteiger charge is -2.30. The Morgan fingerprint density at radius 2 is 1.66 bits per heavy atom. The largest absolute Gasteiger partial charge is 0.417 e. The topological polar surface area (TPSA) is 110 Å². The molecule has 1 fully saturated rings. The number of carbonyl (C=O) groups is 1. The third-order valence-electron chi connectivity index (χ3n) is 5.59. The number of carbonyl (C=O) groups excluding carboxylic acids is 1. The van der Waals surface area contributed by atoms with E-state index in [0.29, 0.717) is 44.5 Å². The number of nitrogens with zero attached hydrogens (tertiary/aromatic N) is 1. The molecule has 3 rings (SSSR count). The van der Waals surface area contributed by atoms with Gasteiger partial charge in [-0.05, 0) is 55.5 Å². The number of benzene rings is 2. The quantitative estimate of drug-likeness (QED) is 0.553. The summed E-state index contributed by atoms with van der Waals surface area (Å²) in [6.45, 7) is 2.09. The van der Waals surface area contributed by atoms with Gasteiger partial charge in [-0.25, -0.2) is 21.6 Å². The fourth-order valence-corrected chi connectivity index (χ4v) is 6.49. The van der Waals surface area contributed by atoms with Gasteiger partial charge in [0.2, 0.25) is 19.9 Å². The lowest BCUT2D eigenvalue weighted by molar-refractivity contribution is -0.193. The molecule has 0 aromatic heterocycles. The van der Waals surface area contributed by atoms with Crippen LogP contribution in [0.1, 0.15) is 31.7 Å². The summed E-state index contributed by atoms with van der Waals surface area (Å²) in [6, 6.07) is 8.78. The van der Waals surface area contributed by atoms with E-state index < -0.39 is 47.4 Å². The van der Waals surface area contributed by atoms with Gasteiger partial charge >= 0.3 is 12.1 Å². The van der Waals surface area contributed by atoms with E-state index in [4.69, 9.17) is 4.84 Å². The zero-order chi connectivity index (χ0) is 25.9. The number of sulfone groups is 1. The zero-order valence-electron chi connectivity index (χ0n) is 18.8. The maximum Gasteiger partial charge on any atom is 0.417 e. The Morgan fingerprint density at radius 1 is 1.03 bits per heavy atom. The first-order chi connectivity index (χ1) is 16.3. The minimum absolute atomic E-state index is 0.0800. The smallest absolute Gasteiger partial charge is 0.368 e. The van der Waals surface area contributed by atoms with Gasteiger partial charge in [-0.15, -0.1) is 5.06 Å². The molecular formula is C22H25F3N2O6S2. The highest BCUT2D eigenvalue weighted by Gasteiger charge is 2.38. The first-order valence-corrected chi connectivity index (χ1v) is 13.7. The molecule has 35 heavy (non-hydrogen) atoms. The first kappa shape index (κ1) is 27.1. The summed E-state index contributed by atoms with van der Waals surface area (Å²) in [5.41, 5.74) is -1.45. The number of alkyl halides is 3. The van der Waals surface area contributed by atoms with Crippen molar-refractivity contribution in [3.8, 4) is 0 Å². The maximum atomic E-state index is 13.6. The molecule has 1 aliphatic rings. The molecule has 1 saturated heterocycles. The predicted molar refractivity (Wildman–Crippen MR) is 119 cm³/mol. The molecule has 0 bridgehead atoms. The van der Waals surface area contributed by atoms with E-state index in [-0.39, 0.29) is 17.4 Å². The van der Waals surface area contributed by atoms with E-state index in [9.17, 15) is 34.8 Å². The zero-order valence-corrected chi connectivity index (χ0v) is 20.4. The van der Waals surface area contributed by atoms with Gasteiger partial charge in [0.1, 0.15) is 0 Å². The minimum Gasteiger partial charge on any atom is -0.368 e. The van der Waals surface area contributed by atoms with E-state index in [0.717, 1.165) is 6.07 Å². The second-order valence-corrected chi connectivity index (χ2v) is 11.8. The van der Waals surface area contributed by atoms with Gasteiger partial charge in [-0.1, -0.05) is 18.2 Å². The van der Waals surface area contributed by atoms with Crippen LogP contribution in [0.3, 0.4) is 0 Å². The molecule has 8 nitrogen and oxygen atoms in total. The standard InChI is InChI=1S/C22H25F3N2O6S2/c1-16(28)33-27-13-10-17(11-14-27)9-12-26-35(31,32)21-15-19(7-8-20(21)22(23,24)25)34(29,30)18-5-3-2-4-6-18/h2-8,15,17,26H,9-14H2,1H3. The van der Waals surface area contributed by atoms with E-state index in [1.807, 2.05) is 0 Å². The molecule has 0 aliphatic carbocycles. The summed E-state index contributed by atoms with van der Waals surface area (Å²) in [6.07, 6.45) is -3.42. The number of hydroxylamine groups is 2. The number of sulfonamides is 1. The van der Waals surface area contributed by atoms with Crippen LogP contribution < -0.4 is 4.72 Å². The summed E-state index contributed by atoms with van der Waals surface area (Å²) in [5, 5.41) is 1.51. The summed E-state index contributed by atoms with van der Waals surface area (Å²) in [4.78, 5) is 14.1. The fraction of sp³-hybridized carbons (Fsp3) is 0.409. The number of hydrogen-bond donors (Lipinski definition) is 1. The Labute approximate surface area is 202 Å². The molecule has 0 unspecified atom stereocenters. The third-order valence-corrected chi connectivity index (χ3v) is 8.86. The summed E-state index contributed by atoms with van der Waals surface area (Å²) in [5.74, 6) is -0.357. The molecule has 2 aromatic rings. The van der Waals surface area contributed by atoms with Crippen LogP contribution in [0, 0.1) is 5.92 Å². The number of piperidine rings is 1. The maximum absolute atomic E-state index is 13.6. The van der Waals surface area contributed by atoms with Crippen molar-refractivity contribution >= 4 is 25.8 Å². The van der Waals surface area contributed by atoms with Gasteiger partial charge in [-0.3, -0.25) is 4.79 Å². The predicted octanol–water partition coefficient (Wildman–Crippen LogP) is 3.40. The monoisotopic (exact) mass is 534 g/mol. The van der Waals surface area contributed by atoms with Gasteiger partial charge in [-0.2, -0.15) is 13.2 Å². The highest BCUT2D eigenvalue weighted by atomic mass is 32.2. The van der Waals surface area contributed by atoms with Crippen LogP contribution in [-0.4, -0.2) is 47.5 Å². The molecule has 192 valence electrons. The molecular weight excluding hydrogens is 509 g/mol. The highest BCUT2D eigenvalue weighted by molar-refractivity contribution is 7.91. The fourth-order valence-electron chi connectivity index (χ4n) is 3.81. The SMILES string of the molecule is CC(=O)ON1CCC(CCNS(=O)(=O)c2cc(S(=O)(=O)c3ccccc3)ccc2C(F)(F)F)CC1. The van der Waals surface area contributed by atoms with Crippen LogP contribution in [0.2, 0.25) is 0 Å². The minimum atomic E-state index is -5.01. The third kappa shape index (κ3) is 6.81. The van der Waals surface area contributed by atoms with E-state index in [1.165, 1.54) is 36.3 Å². The first-order valence-electron chi connectivity index (χ1n) is 10.8. The van der Waals surface area contributed by atoms with Crippen LogP contribution in [-0.2, 0) is 35.7 Å². The van der Waals surface area contributed by atoms with Crippen molar-refractivity contribution in [1.82, 2.24) is 9.79 Å². The highest BCUT2D eigenvalue weighted by Crippen LogP contribution is 2.36. The molecule has 0 saturated carbocycles.